The number of ether oxygens (including phenoxy) is 1. The van der Waals surface area contributed by atoms with Crippen LogP contribution in [0.2, 0.25) is 0 Å². The third-order valence-corrected chi connectivity index (χ3v) is 5.31. The molecule has 8 heteroatoms. The van der Waals surface area contributed by atoms with E-state index in [2.05, 4.69) is 15.5 Å². The standard InChI is InChI=1S/C20H23N5O2S/c1-4-24(14-16-10-6-5-7-11-16)19(26)15(2)28-20-21-22-23-25(20)17-12-8-9-13-18(17)27-3/h5-13,15H,4,14H2,1-3H3/t15-/m1/s1. The van der Waals surface area contributed by atoms with Crippen molar-refractivity contribution in [1.82, 2.24) is 25.1 Å². The topological polar surface area (TPSA) is 73.1 Å². The number of methoxy groups -OCH3 is 1. The lowest BCUT2D eigenvalue weighted by Crippen LogP contribution is -2.36. The van der Waals surface area contributed by atoms with E-state index in [9.17, 15) is 4.79 Å². The maximum atomic E-state index is 13.0. The highest BCUT2D eigenvalue weighted by atomic mass is 32.2. The normalized spacial score (nSPS) is 11.8. The van der Waals surface area contributed by atoms with Crippen molar-refractivity contribution in [2.45, 2.75) is 30.8 Å². The second kappa shape index (κ2) is 9.36. The van der Waals surface area contributed by atoms with Gasteiger partial charge in [0.1, 0.15) is 11.4 Å². The number of rotatable bonds is 8. The SMILES string of the molecule is CCN(Cc1ccccc1)C(=O)[C@@H](C)Sc1nnnn1-c1ccccc1OC. The van der Waals surface area contributed by atoms with Gasteiger partial charge in [0.25, 0.3) is 0 Å². The zero-order valence-corrected chi connectivity index (χ0v) is 17.0. The number of hydrogen-bond donors (Lipinski definition) is 0. The zero-order valence-electron chi connectivity index (χ0n) is 16.1. The van der Waals surface area contributed by atoms with Crippen molar-refractivity contribution in [2.75, 3.05) is 13.7 Å². The first kappa shape index (κ1) is 19.9. The summed E-state index contributed by atoms with van der Waals surface area (Å²) in [5.41, 5.74) is 1.84. The highest BCUT2D eigenvalue weighted by molar-refractivity contribution is 8.00. The molecule has 1 heterocycles. The van der Waals surface area contributed by atoms with Crippen LogP contribution in [0.25, 0.3) is 5.69 Å². The van der Waals surface area contributed by atoms with E-state index in [1.165, 1.54) is 11.8 Å². The van der Waals surface area contributed by atoms with Crippen LogP contribution >= 0.6 is 11.8 Å². The molecule has 0 N–H and O–H groups in total. The van der Waals surface area contributed by atoms with Crippen LogP contribution in [0.15, 0.2) is 59.8 Å². The van der Waals surface area contributed by atoms with Crippen molar-refractivity contribution >= 4 is 17.7 Å². The van der Waals surface area contributed by atoms with Crippen LogP contribution in [-0.2, 0) is 11.3 Å². The molecule has 7 nitrogen and oxygen atoms in total. The average molecular weight is 398 g/mol. The number of hydrogen-bond acceptors (Lipinski definition) is 6. The van der Waals surface area contributed by atoms with Gasteiger partial charge in [-0.15, -0.1) is 5.10 Å². The molecule has 1 aromatic heterocycles. The first-order valence-corrected chi connectivity index (χ1v) is 9.93. The minimum atomic E-state index is -0.330. The van der Waals surface area contributed by atoms with Crippen LogP contribution in [-0.4, -0.2) is 49.9 Å². The summed E-state index contributed by atoms with van der Waals surface area (Å²) in [4.78, 5) is 14.8. The molecular formula is C20H23N5O2S. The molecule has 0 spiro atoms. The molecule has 2 aromatic carbocycles. The molecule has 0 aliphatic carbocycles. The Morgan fingerprint density at radius 3 is 2.61 bits per heavy atom. The van der Waals surface area contributed by atoms with Crippen LogP contribution in [0.5, 0.6) is 5.75 Å². The smallest absolute Gasteiger partial charge is 0.236 e. The van der Waals surface area contributed by atoms with Gasteiger partial charge in [0, 0.05) is 13.1 Å². The van der Waals surface area contributed by atoms with Crippen LogP contribution in [0, 0.1) is 0 Å². The molecule has 0 saturated heterocycles. The van der Waals surface area contributed by atoms with Gasteiger partial charge in [-0.25, -0.2) is 0 Å². The predicted octanol–water partition coefficient (Wildman–Crippen LogP) is 3.20. The molecule has 3 aromatic rings. The largest absolute Gasteiger partial charge is 0.494 e. The number of thioether (sulfide) groups is 1. The monoisotopic (exact) mass is 397 g/mol. The fraction of sp³-hybridized carbons (Fsp3) is 0.300. The van der Waals surface area contributed by atoms with E-state index in [-0.39, 0.29) is 11.2 Å². The summed E-state index contributed by atoms with van der Waals surface area (Å²) in [6, 6.07) is 17.5. The summed E-state index contributed by atoms with van der Waals surface area (Å²) in [5, 5.41) is 12.2. The Kier molecular flexibility index (Phi) is 6.65. The van der Waals surface area contributed by atoms with Crippen molar-refractivity contribution in [3.8, 4) is 11.4 Å². The Morgan fingerprint density at radius 1 is 1.18 bits per heavy atom. The number of carbonyl (C=O) groups is 1. The van der Waals surface area contributed by atoms with Crippen LogP contribution in [0.1, 0.15) is 19.4 Å². The highest BCUT2D eigenvalue weighted by Crippen LogP contribution is 2.28. The van der Waals surface area contributed by atoms with Crippen molar-refractivity contribution in [3.63, 3.8) is 0 Å². The number of tetrazole rings is 1. The minimum Gasteiger partial charge on any atom is -0.494 e. The number of amides is 1. The Bertz CT molecular complexity index is 916. The van der Waals surface area contributed by atoms with Gasteiger partial charge in [-0.1, -0.05) is 54.2 Å². The molecule has 28 heavy (non-hydrogen) atoms. The molecule has 1 amide bonds. The maximum absolute atomic E-state index is 13.0. The zero-order chi connectivity index (χ0) is 19.9. The van der Waals surface area contributed by atoms with Crippen LogP contribution in [0.4, 0.5) is 0 Å². The van der Waals surface area contributed by atoms with Crippen molar-refractivity contribution in [3.05, 3.63) is 60.2 Å². The third kappa shape index (κ3) is 4.51. The van der Waals surface area contributed by atoms with Gasteiger partial charge in [0.15, 0.2) is 0 Å². The number of benzene rings is 2. The summed E-state index contributed by atoms with van der Waals surface area (Å²) < 4.78 is 7.00. The third-order valence-electron chi connectivity index (χ3n) is 4.29. The van der Waals surface area contributed by atoms with Gasteiger partial charge in [0.2, 0.25) is 11.1 Å². The van der Waals surface area contributed by atoms with Gasteiger partial charge < -0.3 is 9.64 Å². The Hall–Kier alpha value is -2.87. The van der Waals surface area contributed by atoms with E-state index >= 15 is 0 Å². The minimum absolute atomic E-state index is 0.0472. The fourth-order valence-corrected chi connectivity index (χ4v) is 3.71. The summed E-state index contributed by atoms with van der Waals surface area (Å²) in [5.74, 6) is 0.709. The molecule has 0 unspecified atom stereocenters. The van der Waals surface area contributed by atoms with Crippen LogP contribution in [0.3, 0.4) is 0 Å². The Labute approximate surface area is 168 Å². The van der Waals surface area contributed by atoms with E-state index in [1.54, 1.807) is 11.8 Å². The first-order chi connectivity index (χ1) is 13.6. The summed E-state index contributed by atoms with van der Waals surface area (Å²) in [6.07, 6.45) is 0. The van der Waals surface area contributed by atoms with Crippen molar-refractivity contribution in [2.24, 2.45) is 0 Å². The summed E-state index contributed by atoms with van der Waals surface area (Å²) in [7, 11) is 1.60. The van der Waals surface area contributed by atoms with Gasteiger partial charge in [-0.2, -0.15) is 4.68 Å². The molecule has 0 saturated carbocycles. The lowest BCUT2D eigenvalue weighted by Gasteiger charge is -2.24. The van der Waals surface area contributed by atoms with E-state index in [1.807, 2.05) is 73.3 Å². The predicted molar refractivity (Wildman–Crippen MR) is 109 cm³/mol. The molecule has 0 aliphatic heterocycles. The van der Waals surface area contributed by atoms with E-state index in [4.69, 9.17) is 4.74 Å². The molecular weight excluding hydrogens is 374 g/mol. The van der Waals surface area contributed by atoms with E-state index in [0.29, 0.717) is 24.0 Å². The molecule has 146 valence electrons. The first-order valence-electron chi connectivity index (χ1n) is 9.05. The molecule has 0 fully saturated rings. The molecule has 0 radical (unpaired) electrons. The Morgan fingerprint density at radius 2 is 1.89 bits per heavy atom. The van der Waals surface area contributed by atoms with Gasteiger partial charge in [0.05, 0.1) is 12.4 Å². The lowest BCUT2D eigenvalue weighted by atomic mass is 10.2. The summed E-state index contributed by atoms with van der Waals surface area (Å²) in [6.45, 7) is 5.08. The number of nitrogens with zero attached hydrogens (tertiary/aromatic N) is 5. The maximum Gasteiger partial charge on any atom is 0.236 e. The average Bonchev–Trinajstić information content (AvgIpc) is 3.20. The second-order valence-electron chi connectivity index (χ2n) is 6.14. The lowest BCUT2D eigenvalue weighted by molar-refractivity contribution is -0.130. The van der Waals surface area contributed by atoms with Crippen molar-refractivity contribution in [1.29, 1.82) is 0 Å². The van der Waals surface area contributed by atoms with Gasteiger partial charge in [-0.05, 0) is 42.0 Å². The number of carbonyl (C=O) groups excluding carboxylic acids is 1. The van der Waals surface area contributed by atoms with E-state index in [0.717, 1.165) is 11.3 Å². The van der Waals surface area contributed by atoms with Gasteiger partial charge in [-0.3, -0.25) is 4.79 Å². The van der Waals surface area contributed by atoms with Crippen molar-refractivity contribution < 1.29 is 9.53 Å². The van der Waals surface area contributed by atoms with Crippen LogP contribution < -0.4 is 4.74 Å². The Balaban J connectivity index is 1.75. The fourth-order valence-electron chi connectivity index (χ4n) is 2.82. The molecule has 0 aliphatic rings. The number of para-hydroxylation sites is 2. The highest BCUT2D eigenvalue weighted by Gasteiger charge is 2.24. The molecule has 0 bridgehead atoms. The van der Waals surface area contributed by atoms with E-state index < -0.39 is 0 Å². The quantitative estimate of drug-likeness (QED) is 0.544. The molecule has 3 rings (SSSR count). The second-order valence-corrected chi connectivity index (χ2v) is 7.45. The summed E-state index contributed by atoms with van der Waals surface area (Å²) >= 11 is 1.33. The van der Waals surface area contributed by atoms with Gasteiger partial charge >= 0.3 is 0 Å². The number of aromatic nitrogens is 4. The molecule has 1 atom stereocenters.